The van der Waals surface area contributed by atoms with Crippen LogP contribution in [0.5, 0.6) is 34.5 Å². The molecule has 18 heteroatoms. The van der Waals surface area contributed by atoms with Gasteiger partial charge in [0.2, 0.25) is 0 Å². The molecule has 9 aromatic rings. The zero-order valence-corrected chi connectivity index (χ0v) is 66.3. The summed E-state index contributed by atoms with van der Waals surface area (Å²) < 4.78 is 78.9. The summed E-state index contributed by atoms with van der Waals surface area (Å²) in [5.41, 5.74) is 7.73. The molecular formula is C96H105F3O15. The van der Waals surface area contributed by atoms with Crippen LogP contribution in [0.25, 0.3) is 33.4 Å². The van der Waals surface area contributed by atoms with Crippen LogP contribution in [0.15, 0.2) is 220 Å². The molecule has 6 atom stereocenters. The van der Waals surface area contributed by atoms with Crippen molar-refractivity contribution in [1.82, 2.24) is 0 Å². The normalized spacial score (nSPS) is 15.0. The van der Waals surface area contributed by atoms with E-state index in [1.807, 2.05) is 151 Å². The van der Waals surface area contributed by atoms with Crippen molar-refractivity contribution in [2.24, 2.45) is 34.0 Å². The molecule has 12 rings (SSSR count). The maximum atomic E-state index is 14.9. The van der Waals surface area contributed by atoms with Gasteiger partial charge in [-0.3, -0.25) is 14.4 Å². The van der Waals surface area contributed by atoms with Gasteiger partial charge in [-0.25, -0.2) is 13.2 Å². The Labute approximate surface area is 667 Å². The van der Waals surface area contributed by atoms with Gasteiger partial charge in [0.15, 0.2) is 0 Å². The van der Waals surface area contributed by atoms with E-state index in [-0.39, 0.29) is 56.8 Å². The van der Waals surface area contributed by atoms with Gasteiger partial charge in [0.05, 0.1) is 58.9 Å². The van der Waals surface area contributed by atoms with Crippen LogP contribution in [0, 0.1) is 51.5 Å². The zero-order chi connectivity index (χ0) is 82.3. The van der Waals surface area contributed by atoms with Gasteiger partial charge < -0.3 is 59.1 Å². The summed E-state index contributed by atoms with van der Waals surface area (Å²) in [6.45, 7) is 23.5. The van der Waals surface area contributed by atoms with Crippen molar-refractivity contribution in [2.45, 2.75) is 155 Å². The Kier molecular flexibility index (Phi) is 28.4. The van der Waals surface area contributed by atoms with Gasteiger partial charge >= 0.3 is 17.9 Å². The van der Waals surface area contributed by atoms with Gasteiger partial charge in [-0.15, -0.1) is 19.7 Å². The number of carboxylic acids is 3. The van der Waals surface area contributed by atoms with E-state index in [2.05, 4.69) is 19.7 Å². The van der Waals surface area contributed by atoms with Crippen LogP contribution in [0.2, 0.25) is 0 Å². The van der Waals surface area contributed by atoms with Crippen molar-refractivity contribution in [3.8, 4) is 67.9 Å². The van der Waals surface area contributed by atoms with Crippen molar-refractivity contribution in [2.75, 3.05) is 21.3 Å². The van der Waals surface area contributed by atoms with E-state index in [1.165, 1.54) is 39.5 Å². The molecule has 6 N–H and O–H groups in total. The highest BCUT2D eigenvalue weighted by Gasteiger charge is 2.38. The number of rotatable bonds is 36. The number of aliphatic carboxylic acids is 3. The summed E-state index contributed by atoms with van der Waals surface area (Å²) in [5, 5.41) is 62.0. The quantitative estimate of drug-likeness (QED) is 0.0201. The van der Waals surface area contributed by atoms with Crippen LogP contribution in [0.1, 0.15) is 185 Å². The summed E-state index contributed by atoms with van der Waals surface area (Å²) in [6, 6.07) is 52.9. The van der Waals surface area contributed by atoms with E-state index >= 15 is 0 Å². The third kappa shape index (κ3) is 22.1. The lowest BCUT2D eigenvalue weighted by Gasteiger charge is -2.29. The molecule has 3 saturated carbocycles. The van der Waals surface area contributed by atoms with Crippen LogP contribution in [0.3, 0.4) is 0 Å². The number of hydrogen-bond donors (Lipinski definition) is 6. The fourth-order valence-electron chi connectivity index (χ4n) is 14.3. The van der Waals surface area contributed by atoms with E-state index in [1.54, 1.807) is 72.8 Å². The Hall–Kier alpha value is -10.9. The average Bonchev–Trinajstić information content (AvgIpc) is 1.27. The number of methoxy groups -OCH3 is 3. The van der Waals surface area contributed by atoms with E-state index in [0.29, 0.717) is 102 Å². The molecule has 0 saturated heterocycles. The molecule has 3 aliphatic carbocycles. The molecule has 114 heavy (non-hydrogen) atoms. The molecule has 3 aliphatic rings. The van der Waals surface area contributed by atoms with E-state index in [4.69, 9.17) is 28.4 Å². The van der Waals surface area contributed by atoms with E-state index < -0.39 is 69.9 Å². The zero-order valence-electron chi connectivity index (χ0n) is 66.3. The molecular weight excluding hydrogens is 1450 g/mol. The second kappa shape index (κ2) is 37.8. The molecule has 0 spiro atoms. The lowest BCUT2D eigenvalue weighted by atomic mass is 9.79. The van der Waals surface area contributed by atoms with Crippen LogP contribution in [0.4, 0.5) is 13.2 Å². The van der Waals surface area contributed by atoms with Crippen molar-refractivity contribution in [1.29, 1.82) is 0 Å². The van der Waals surface area contributed by atoms with E-state index in [9.17, 15) is 58.2 Å². The molecule has 3 fully saturated rings. The van der Waals surface area contributed by atoms with Gasteiger partial charge in [0, 0.05) is 32.9 Å². The number of ether oxygens (including phenoxy) is 6. The summed E-state index contributed by atoms with van der Waals surface area (Å²) in [7, 11) is 4.58. The lowest BCUT2D eigenvalue weighted by Crippen LogP contribution is -2.20. The molecule has 15 nitrogen and oxygen atoms in total. The van der Waals surface area contributed by atoms with Crippen molar-refractivity contribution in [3.05, 3.63) is 287 Å². The van der Waals surface area contributed by atoms with Gasteiger partial charge in [-0.2, -0.15) is 0 Å². The maximum absolute atomic E-state index is 14.9. The Bertz CT molecular complexity index is 4410. The lowest BCUT2D eigenvalue weighted by molar-refractivity contribution is -0.138. The molecule has 0 bridgehead atoms. The Morgan fingerprint density at radius 3 is 0.842 bits per heavy atom. The number of halogens is 3. The van der Waals surface area contributed by atoms with Crippen molar-refractivity contribution >= 4 is 17.9 Å². The highest BCUT2D eigenvalue weighted by molar-refractivity contribution is 5.74. The molecule has 0 unspecified atom stereocenters. The van der Waals surface area contributed by atoms with Crippen LogP contribution in [-0.2, 0) is 34.2 Å². The molecule has 0 aromatic heterocycles. The van der Waals surface area contributed by atoms with Crippen LogP contribution >= 0.6 is 0 Å². The summed E-state index contributed by atoms with van der Waals surface area (Å²) >= 11 is 0. The Morgan fingerprint density at radius 2 is 0.623 bits per heavy atom. The smallest absolute Gasteiger partial charge is 0.303 e. The maximum Gasteiger partial charge on any atom is 0.303 e. The second-order valence-electron chi connectivity index (χ2n) is 31.8. The largest absolute Gasteiger partial charge is 0.497 e. The number of aliphatic hydroxyl groups excluding tert-OH is 3. The predicted octanol–water partition coefficient (Wildman–Crippen LogP) is 21.9. The summed E-state index contributed by atoms with van der Waals surface area (Å²) in [4.78, 5) is 34.2. The fraction of sp³-hybridized carbons (Fsp3) is 0.344. The van der Waals surface area contributed by atoms with Crippen LogP contribution < -0.4 is 28.4 Å². The Balaban J connectivity index is 0.000000181. The average molecular weight is 1560 g/mol. The first kappa shape index (κ1) is 85.5. The standard InChI is InChI=1S/3C32H35FO5/c3*1-5-32(2,3)31(36)28-15-20(9-13-25(28)27-17-23(37-4)12-14-29(27)33)19-38-24-8-6-7-22(16-24)26(18-30(34)35)21-10-11-21/h3*5-9,12-17,21,26,31,36H,1,10-11,18-19H2,2-4H3,(H,34,35)/t26-,31+;2*26-,31-/m110/s1. The minimum Gasteiger partial charge on any atom is -0.497 e. The molecule has 9 aromatic carbocycles. The van der Waals surface area contributed by atoms with Gasteiger partial charge in [0.1, 0.15) is 71.8 Å². The third-order valence-electron chi connectivity index (χ3n) is 22.1. The second-order valence-corrected chi connectivity index (χ2v) is 31.8. The molecule has 0 radical (unpaired) electrons. The number of aliphatic hydroxyl groups is 3. The van der Waals surface area contributed by atoms with Gasteiger partial charge in [-0.05, 0) is 250 Å². The molecule has 0 heterocycles. The first-order valence-electron chi connectivity index (χ1n) is 38.6. The molecule has 0 aliphatic heterocycles. The Morgan fingerprint density at radius 1 is 0.368 bits per heavy atom. The molecule has 600 valence electrons. The third-order valence-corrected chi connectivity index (χ3v) is 22.1. The first-order valence-corrected chi connectivity index (χ1v) is 38.6. The van der Waals surface area contributed by atoms with E-state index in [0.717, 1.165) is 71.9 Å². The number of carbonyl (C=O) groups is 3. The van der Waals surface area contributed by atoms with Gasteiger partial charge in [-0.1, -0.05) is 133 Å². The first-order chi connectivity index (χ1) is 54.4. The SMILES string of the molecule is C=CC(C)(C)[C@@H](O)c1cc(COc2cccc([C@@H](CC(=O)O)C3CC3)c2)ccc1-c1cc(OC)ccc1F.C=CC(C)(C)[C@@H](O)c1cc(COc2cccc([C@H](CC(=O)O)C3CC3)c2)ccc1-c1cc(OC)ccc1F.C=CC(C)(C)[C@H](O)c1cc(COc2cccc([C@H](CC(=O)O)C3CC3)c2)ccc1-c1cc(OC)ccc1F. The van der Waals surface area contributed by atoms with Crippen LogP contribution in [-0.4, -0.2) is 69.9 Å². The topological polar surface area (TPSA) is 228 Å². The number of hydrogen-bond acceptors (Lipinski definition) is 12. The summed E-state index contributed by atoms with van der Waals surface area (Å²) in [6.07, 6.45) is 8.85. The number of carboxylic acid groups (broad SMARTS) is 3. The predicted molar refractivity (Wildman–Crippen MR) is 437 cm³/mol. The minimum atomic E-state index is -0.945. The highest BCUT2D eigenvalue weighted by Crippen LogP contribution is 2.50. The monoisotopic (exact) mass is 1550 g/mol. The minimum absolute atomic E-state index is 0.0176. The van der Waals surface area contributed by atoms with Gasteiger partial charge in [0.25, 0.3) is 0 Å². The van der Waals surface area contributed by atoms with Crippen molar-refractivity contribution in [3.63, 3.8) is 0 Å². The molecule has 0 amide bonds. The van der Waals surface area contributed by atoms with Crippen molar-refractivity contribution < 1.29 is 86.6 Å². The number of benzene rings is 9. The highest BCUT2D eigenvalue weighted by atomic mass is 19.1. The fourth-order valence-corrected chi connectivity index (χ4v) is 14.3. The summed E-state index contributed by atoms with van der Waals surface area (Å²) in [5.74, 6) is 1.03.